The molecule has 0 radical (unpaired) electrons. The number of urea groups is 1. The molecule has 2 aromatic rings. The largest absolute Gasteiger partial charge is 0.338 e. The molecule has 2 heterocycles. The summed E-state index contributed by atoms with van der Waals surface area (Å²) in [7, 11) is 0. The number of rotatable bonds is 5. The summed E-state index contributed by atoms with van der Waals surface area (Å²) in [6.45, 7) is 2.75. The quantitative estimate of drug-likeness (QED) is 0.836. The first kappa shape index (κ1) is 19.4. The van der Waals surface area contributed by atoms with Crippen molar-refractivity contribution in [3.63, 3.8) is 0 Å². The Morgan fingerprint density at radius 3 is 2.72 bits per heavy atom. The second kappa shape index (κ2) is 8.64. The van der Waals surface area contributed by atoms with E-state index in [0.29, 0.717) is 24.6 Å². The van der Waals surface area contributed by atoms with Gasteiger partial charge in [0.25, 0.3) is 5.91 Å². The molecule has 0 aliphatic carbocycles. The van der Waals surface area contributed by atoms with Gasteiger partial charge in [-0.2, -0.15) is 0 Å². The number of halogens is 1. The molecule has 2 saturated heterocycles. The summed E-state index contributed by atoms with van der Waals surface area (Å²) >= 11 is 0. The number of carbonyl (C=O) groups is 2. The molecule has 1 N–H and O–H groups in total. The zero-order valence-electron chi connectivity index (χ0n) is 16.4. The molecule has 2 aromatic carbocycles. The third-order valence-corrected chi connectivity index (χ3v) is 5.82. The third kappa shape index (κ3) is 4.58. The molecule has 5 nitrogen and oxygen atoms in total. The van der Waals surface area contributed by atoms with Crippen LogP contribution in [0, 0.1) is 11.7 Å². The highest BCUT2D eigenvalue weighted by molar-refractivity contribution is 5.98. The van der Waals surface area contributed by atoms with E-state index in [1.54, 1.807) is 4.90 Å². The second-order valence-electron chi connectivity index (χ2n) is 7.86. The van der Waals surface area contributed by atoms with E-state index in [9.17, 15) is 14.0 Å². The molecule has 29 heavy (non-hydrogen) atoms. The third-order valence-electron chi connectivity index (χ3n) is 5.82. The predicted molar refractivity (Wildman–Crippen MR) is 111 cm³/mol. The van der Waals surface area contributed by atoms with E-state index in [1.807, 2.05) is 41.3 Å². The number of hydrogen-bond acceptors (Lipinski definition) is 2. The molecular formula is C23H26FN3O2. The number of nitrogens with zero attached hydrogens (tertiary/aromatic N) is 2. The Morgan fingerprint density at radius 1 is 1.14 bits per heavy atom. The van der Waals surface area contributed by atoms with Crippen LogP contribution in [-0.2, 0) is 6.42 Å². The normalized spacial score (nSPS) is 19.3. The van der Waals surface area contributed by atoms with Crippen molar-refractivity contribution in [3.8, 4) is 0 Å². The van der Waals surface area contributed by atoms with Gasteiger partial charge < -0.3 is 10.2 Å². The average molecular weight is 395 g/mol. The van der Waals surface area contributed by atoms with Gasteiger partial charge in [-0.1, -0.05) is 18.2 Å². The summed E-state index contributed by atoms with van der Waals surface area (Å²) in [5.74, 6) is 0.264. The number of anilines is 1. The molecule has 0 bridgehead atoms. The molecule has 6 heteroatoms. The Kier molecular flexibility index (Phi) is 5.79. The maximum absolute atomic E-state index is 13.1. The fraction of sp³-hybridized carbons (Fsp3) is 0.391. The number of carbonyl (C=O) groups excluding carboxylic acids is 2. The van der Waals surface area contributed by atoms with Crippen LogP contribution < -0.4 is 10.2 Å². The maximum atomic E-state index is 13.1. The summed E-state index contributed by atoms with van der Waals surface area (Å²) in [6, 6.07) is 13.9. The fourth-order valence-electron chi connectivity index (χ4n) is 4.21. The van der Waals surface area contributed by atoms with Crippen LogP contribution in [0.25, 0.3) is 0 Å². The Bertz CT molecular complexity index is 884. The molecule has 0 saturated carbocycles. The van der Waals surface area contributed by atoms with E-state index in [4.69, 9.17) is 0 Å². The van der Waals surface area contributed by atoms with Gasteiger partial charge in [0, 0.05) is 37.4 Å². The lowest BCUT2D eigenvalue weighted by atomic mass is 9.91. The SMILES string of the molecule is O=C(c1cccc(N2CCNC2=O)c1)N1CCC[C@H](CCc2ccc(F)cc2)C1. The first-order valence-corrected chi connectivity index (χ1v) is 10.3. The average Bonchev–Trinajstić information content (AvgIpc) is 3.19. The molecule has 0 unspecified atom stereocenters. The van der Waals surface area contributed by atoms with Gasteiger partial charge in [0.05, 0.1) is 0 Å². The van der Waals surface area contributed by atoms with Crippen LogP contribution in [0.15, 0.2) is 48.5 Å². The van der Waals surface area contributed by atoms with Gasteiger partial charge in [0.1, 0.15) is 5.82 Å². The highest BCUT2D eigenvalue weighted by Gasteiger charge is 2.26. The Balaban J connectivity index is 1.38. The standard InChI is InChI=1S/C23H26FN3O2/c24-20-10-8-17(9-11-20)6-7-18-3-2-13-26(16-18)22(28)19-4-1-5-21(15-19)27-14-12-25-23(27)29/h1,4-5,8-11,15,18H,2-3,6-7,12-14,16H2,(H,25,29)/t18-/m1/s1. The van der Waals surface area contributed by atoms with Gasteiger partial charge in [0.2, 0.25) is 0 Å². The molecule has 152 valence electrons. The zero-order chi connectivity index (χ0) is 20.2. The monoisotopic (exact) mass is 395 g/mol. The van der Waals surface area contributed by atoms with Crippen molar-refractivity contribution in [1.82, 2.24) is 10.2 Å². The molecule has 1 atom stereocenters. The van der Waals surface area contributed by atoms with Crippen molar-refractivity contribution in [3.05, 3.63) is 65.5 Å². The highest BCUT2D eigenvalue weighted by Crippen LogP contribution is 2.25. The summed E-state index contributed by atoms with van der Waals surface area (Å²) in [4.78, 5) is 28.6. The van der Waals surface area contributed by atoms with Gasteiger partial charge in [-0.3, -0.25) is 9.69 Å². The first-order valence-electron chi connectivity index (χ1n) is 10.3. The fourth-order valence-corrected chi connectivity index (χ4v) is 4.21. The van der Waals surface area contributed by atoms with Crippen molar-refractivity contribution in [2.45, 2.75) is 25.7 Å². The summed E-state index contributed by atoms with van der Waals surface area (Å²) in [5.41, 5.74) is 2.52. The molecule has 0 spiro atoms. The van der Waals surface area contributed by atoms with Gasteiger partial charge in [-0.25, -0.2) is 9.18 Å². The molecule has 3 amide bonds. The molecule has 0 aromatic heterocycles. The van der Waals surface area contributed by atoms with Crippen LogP contribution in [0.1, 0.15) is 35.2 Å². The van der Waals surface area contributed by atoms with Crippen LogP contribution in [0.3, 0.4) is 0 Å². The van der Waals surface area contributed by atoms with Crippen LogP contribution in [0.5, 0.6) is 0 Å². The lowest BCUT2D eigenvalue weighted by molar-refractivity contribution is 0.0668. The first-order chi connectivity index (χ1) is 14.1. The van der Waals surface area contributed by atoms with E-state index < -0.39 is 0 Å². The van der Waals surface area contributed by atoms with Gasteiger partial charge in [-0.15, -0.1) is 0 Å². The number of hydrogen-bond donors (Lipinski definition) is 1. The van der Waals surface area contributed by atoms with Crippen molar-refractivity contribution < 1.29 is 14.0 Å². The van der Waals surface area contributed by atoms with Gasteiger partial charge in [-0.05, 0) is 67.5 Å². The van der Waals surface area contributed by atoms with Crippen LogP contribution in [-0.4, -0.2) is 43.0 Å². The summed E-state index contributed by atoms with van der Waals surface area (Å²) in [5, 5.41) is 2.79. The summed E-state index contributed by atoms with van der Waals surface area (Å²) < 4.78 is 13.1. The van der Waals surface area contributed by atoms with Crippen LogP contribution >= 0.6 is 0 Å². The van der Waals surface area contributed by atoms with Gasteiger partial charge >= 0.3 is 6.03 Å². The lowest BCUT2D eigenvalue weighted by Crippen LogP contribution is -2.40. The predicted octanol–water partition coefficient (Wildman–Crippen LogP) is 3.84. The minimum atomic E-state index is -0.211. The number of likely N-dealkylation sites (tertiary alicyclic amines) is 1. The van der Waals surface area contributed by atoms with E-state index in [2.05, 4.69) is 5.32 Å². The minimum absolute atomic E-state index is 0.0259. The number of piperidine rings is 1. The number of aryl methyl sites for hydroxylation is 1. The highest BCUT2D eigenvalue weighted by atomic mass is 19.1. The number of amides is 3. The maximum Gasteiger partial charge on any atom is 0.321 e. The molecular weight excluding hydrogens is 369 g/mol. The van der Waals surface area contributed by atoms with Crippen molar-refractivity contribution in [2.75, 3.05) is 31.1 Å². The van der Waals surface area contributed by atoms with Gasteiger partial charge in [0.15, 0.2) is 0 Å². The lowest BCUT2D eigenvalue weighted by Gasteiger charge is -2.33. The Hall–Kier alpha value is -2.89. The zero-order valence-corrected chi connectivity index (χ0v) is 16.4. The molecule has 4 rings (SSSR count). The number of benzene rings is 2. The van der Waals surface area contributed by atoms with Crippen molar-refractivity contribution in [1.29, 1.82) is 0 Å². The van der Waals surface area contributed by atoms with Crippen LogP contribution in [0.2, 0.25) is 0 Å². The molecule has 2 aliphatic rings. The second-order valence-corrected chi connectivity index (χ2v) is 7.86. The van der Waals surface area contributed by atoms with E-state index in [1.165, 1.54) is 12.1 Å². The minimum Gasteiger partial charge on any atom is -0.338 e. The van der Waals surface area contributed by atoms with Crippen molar-refractivity contribution in [2.24, 2.45) is 5.92 Å². The smallest absolute Gasteiger partial charge is 0.321 e. The van der Waals surface area contributed by atoms with Crippen LogP contribution in [0.4, 0.5) is 14.9 Å². The van der Waals surface area contributed by atoms with E-state index in [0.717, 1.165) is 50.0 Å². The Labute approximate surface area is 170 Å². The van der Waals surface area contributed by atoms with E-state index in [-0.39, 0.29) is 17.8 Å². The Morgan fingerprint density at radius 2 is 1.97 bits per heavy atom. The van der Waals surface area contributed by atoms with E-state index >= 15 is 0 Å². The van der Waals surface area contributed by atoms with Crippen molar-refractivity contribution >= 4 is 17.6 Å². The molecule has 2 fully saturated rings. The number of nitrogens with one attached hydrogen (secondary N) is 1. The topological polar surface area (TPSA) is 52.7 Å². The molecule has 2 aliphatic heterocycles. The summed E-state index contributed by atoms with van der Waals surface area (Å²) in [6.07, 6.45) is 3.99.